The number of carbonyl (C=O) groups is 2. The molecule has 1 N–H and O–H groups in total. The number of aliphatic carboxylic acids is 1. The fourth-order valence-corrected chi connectivity index (χ4v) is 3.65. The molecule has 1 heterocycles. The van der Waals surface area contributed by atoms with Gasteiger partial charge < -0.3 is 10.0 Å². The highest BCUT2D eigenvalue weighted by molar-refractivity contribution is 9.10. The first-order chi connectivity index (χ1) is 9.99. The lowest BCUT2D eigenvalue weighted by Crippen LogP contribution is -2.46. The number of carbonyl (C=O) groups excluding carboxylic acids is 1. The van der Waals surface area contributed by atoms with Gasteiger partial charge in [0, 0.05) is 16.9 Å². The van der Waals surface area contributed by atoms with Crippen molar-refractivity contribution in [2.45, 2.75) is 37.8 Å². The normalized spacial score (nSPS) is 26.0. The van der Waals surface area contributed by atoms with E-state index >= 15 is 0 Å². The number of benzene rings is 1. The fourth-order valence-electron chi connectivity index (χ4n) is 3.06. The second-order valence-electron chi connectivity index (χ2n) is 5.63. The molecule has 21 heavy (non-hydrogen) atoms. The maximum atomic E-state index is 13.3. The molecule has 0 spiro atoms. The van der Waals surface area contributed by atoms with Gasteiger partial charge in [-0.1, -0.05) is 22.0 Å². The predicted molar refractivity (Wildman–Crippen MR) is 77.1 cm³/mol. The van der Waals surface area contributed by atoms with Crippen molar-refractivity contribution in [1.29, 1.82) is 0 Å². The SMILES string of the molecule is O=C(O)C1CCC(=O)N(C2CC2)C1c1ccc(F)cc1Br. The lowest BCUT2D eigenvalue weighted by molar-refractivity contribution is -0.152. The van der Waals surface area contributed by atoms with Crippen LogP contribution < -0.4 is 0 Å². The first-order valence-corrected chi connectivity index (χ1v) is 7.77. The van der Waals surface area contributed by atoms with Crippen molar-refractivity contribution in [2.24, 2.45) is 5.92 Å². The van der Waals surface area contributed by atoms with E-state index in [1.807, 2.05) is 0 Å². The van der Waals surface area contributed by atoms with Crippen LogP contribution in [0.5, 0.6) is 0 Å². The molecule has 2 aliphatic rings. The highest BCUT2D eigenvalue weighted by Crippen LogP contribution is 2.45. The zero-order valence-electron chi connectivity index (χ0n) is 11.3. The highest BCUT2D eigenvalue weighted by Gasteiger charge is 2.47. The Bertz CT molecular complexity index is 603. The van der Waals surface area contributed by atoms with Crippen LogP contribution in [0.1, 0.15) is 37.3 Å². The Morgan fingerprint density at radius 1 is 1.33 bits per heavy atom. The van der Waals surface area contributed by atoms with Crippen LogP contribution >= 0.6 is 15.9 Å². The number of amides is 1. The molecule has 1 aromatic rings. The second kappa shape index (κ2) is 5.40. The van der Waals surface area contributed by atoms with Gasteiger partial charge >= 0.3 is 5.97 Å². The van der Waals surface area contributed by atoms with E-state index in [1.54, 1.807) is 11.0 Å². The molecule has 3 rings (SSSR count). The quantitative estimate of drug-likeness (QED) is 0.906. The third-order valence-corrected chi connectivity index (χ3v) is 4.86. The average molecular weight is 356 g/mol. The summed E-state index contributed by atoms with van der Waals surface area (Å²) in [5, 5.41) is 9.49. The van der Waals surface area contributed by atoms with Crippen molar-refractivity contribution >= 4 is 27.8 Å². The van der Waals surface area contributed by atoms with E-state index in [-0.39, 0.29) is 18.4 Å². The molecule has 1 saturated heterocycles. The Hall–Kier alpha value is -1.43. The van der Waals surface area contributed by atoms with Crippen molar-refractivity contribution in [3.05, 3.63) is 34.1 Å². The van der Waals surface area contributed by atoms with Crippen LogP contribution in [0.15, 0.2) is 22.7 Å². The van der Waals surface area contributed by atoms with Crippen LogP contribution in [-0.4, -0.2) is 27.9 Å². The Morgan fingerprint density at radius 3 is 2.62 bits per heavy atom. The van der Waals surface area contributed by atoms with Gasteiger partial charge in [0.15, 0.2) is 0 Å². The van der Waals surface area contributed by atoms with E-state index < -0.39 is 23.7 Å². The Kier molecular flexibility index (Phi) is 3.73. The first-order valence-electron chi connectivity index (χ1n) is 6.98. The van der Waals surface area contributed by atoms with Gasteiger partial charge in [0.1, 0.15) is 5.82 Å². The average Bonchev–Trinajstić information content (AvgIpc) is 3.22. The minimum atomic E-state index is -0.908. The summed E-state index contributed by atoms with van der Waals surface area (Å²) in [5.41, 5.74) is 0.670. The minimum Gasteiger partial charge on any atom is -0.481 e. The number of likely N-dealkylation sites (tertiary alicyclic amines) is 1. The van der Waals surface area contributed by atoms with Crippen LogP contribution in [0.25, 0.3) is 0 Å². The summed E-state index contributed by atoms with van der Waals surface area (Å²) in [6, 6.07) is 3.81. The van der Waals surface area contributed by atoms with E-state index in [2.05, 4.69) is 15.9 Å². The topological polar surface area (TPSA) is 57.6 Å². The summed E-state index contributed by atoms with van der Waals surface area (Å²) >= 11 is 3.31. The molecule has 1 saturated carbocycles. The van der Waals surface area contributed by atoms with Crippen LogP contribution in [0.3, 0.4) is 0 Å². The summed E-state index contributed by atoms with van der Waals surface area (Å²) in [5.74, 6) is -1.95. The number of piperidine rings is 1. The summed E-state index contributed by atoms with van der Waals surface area (Å²) in [6.45, 7) is 0. The Morgan fingerprint density at radius 2 is 2.05 bits per heavy atom. The van der Waals surface area contributed by atoms with Crippen molar-refractivity contribution in [2.75, 3.05) is 0 Å². The molecular weight excluding hydrogens is 341 g/mol. The summed E-state index contributed by atoms with van der Waals surface area (Å²) < 4.78 is 13.8. The van der Waals surface area contributed by atoms with Crippen LogP contribution in [0.2, 0.25) is 0 Å². The molecule has 2 fully saturated rings. The van der Waals surface area contributed by atoms with Gasteiger partial charge in [-0.25, -0.2) is 4.39 Å². The standard InChI is InChI=1S/C15H15BrFNO3/c16-12-7-8(17)1-4-10(12)14-11(15(20)21)5-6-13(19)18(14)9-2-3-9/h1,4,7,9,11,14H,2-3,5-6H2,(H,20,21). The molecule has 2 atom stereocenters. The van der Waals surface area contributed by atoms with Crippen LogP contribution in [0.4, 0.5) is 4.39 Å². The van der Waals surface area contributed by atoms with E-state index in [0.717, 1.165) is 12.8 Å². The molecule has 2 unspecified atom stereocenters. The molecule has 6 heteroatoms. The summed E-state index contributed by atoms with van der Waals surface area (Å²) in [6.07, 6.45) is 2.41. The van der Waals surface area contributed by atoms with E-state index in [4.69, 9.17) is 0 Å². The lowest BCUT2D eigenvalue weighted by Gasteiger charge is -2.40. The van der Waals surface area contributed by atoms with Crippen molar-refractivity contribution in [1.82, 2.24) is 4.90 Å². The van der Waals surface area contributed by atoms with Gasteiger partial charge in [-0.2, -0.15) is 0 Å². The maximum Gasteiger partial charge on any atom is 0.308 e. The fraction of sp³-hybridized carbons (Fsp3) is 0.467. The monoisotopic (exact) mass is 355 g/mol. The molecule has 1 aromatic carbocycles. The first kappa shape index (κ1) is 14.5. The molecule has 112 valence electrons. The van der Waals surface area contributed by atoms with Crippen molar-refractivity contribution < 1.29 is 19.1 Å². The van der Waals surface area contributed by atoms with Crippen LogP contribution in [0, 0.1) is 11.7 Å². The second-order valence-corrected chi connectivity index (χ2v) is 6.48. The largest absolute Gasteiger partial charge is 0.481 e. The minimum absolute atomic E-state index is 0.00350. The molecular formula is C15H15BrFNO3. The van der Waals surface area contributed by atoms with Gasteiger partial charge in [-0.15, -0.1) is 0 Å². The highest BCUT2D eigenvalue weighted by atomic mass is 79.9. The van der Waals surface area contributed by atoms with E-state index in [9.17, 15) is 19.1 Å². The number of hydrogen-bond acceptors (Lipinski definition) is 2. The zero-order chi connectivity index (χ0) is 15.1. The maximum absolute atomic E-state index is 13.3. The molecule has 1 aliphatic heterocycles. The number of rotatable bonds is 3. The summed E-state index contributed by atoms with van der Waals surface area (Å²) in [7, 11) is 0. The van der Waals surface area contributed by atoms with E-state index in [1.165, 1.54) is 12.1 Å². The Labute approximate surface area is 130 Å². The van der Waals surface area contributed by atoms with Gasteiger partial charge in [0.05, 0.1) is 12.0 Å². The molecule has 0 radical (unpaired) electrons. The third-order valence-electron chi connectivity index (χ3n) is 4.18. The van der Waals surface area contributed by atoms with Crippen molar-refractivity contribution in [3.63, 3.8) is 0 Å². The molecule has 1 aliphatic carbocycles. The number of carboxylic acids is 1. The molecule has 1 amide bonds. The smallest absolute Gasteiger partial charge is 0.308 e. The lowest BCUT2D eigenvalue weighted by atomic mass is 9.84. The molecule has 4 nitrogen and oxygen atoms in total. The van der Waals surface area contributed by atoms with Gasteiger partial charge in [0.2, 0.25) is 5.91 Å². The number of hydrogen-bond donors (Lipinski definition) is 1. The van der Waals surface area contributed by atoms with Gasteiger partial charge in [-0.3, -0.25) is 9.59 Å². The molecule has 0 aromatic heterocycles. The third kappa shape index (κ3) is 2.69. The number of carboxylic acid groups (broad SMARTS) is 1. The summed E-state index contributed by atoms with van der Waals surface area (Å²) in [4.78, 5) is 25.5. The Balaban J connectivity index is 2.06. The van der Waals surface area contributed by atoms with E-state index in [0.29, 0.717) is 16.5 Å². The van der Waals surface area contributed by atoms with Crippen LogP contribution in [-0.2, 0) is 9.59 Å². The zero-order valence-corrected chi connectivity index (χ0v) is 12.8. The van der Waals surface area contributed by atoms with Crippen molar-refractivity contribution in [3.8, 4) is 0 Å². The molecule has 0 bridgehead atoms. The van der Waals surface area contributed by atoms with Gasteiger partial charge in [0.25, 0.3) is 0 Å². The number of nitrogens with zero attached hydrogens (tertiary/aromatic N) is 1. The predicted octanol–water partition coefficient (Wildman–Crippen LogP) is 3.11. The number of halogens is 2. The van der Waals surface area contributed by atoms with Gasteiger partial charge in [-0.05, 0) is 37.0 Å².